The topological polar surface area (TPSA) is 128 Å². The number of carbonyl (C=O) groups is 2. The van der Waals surface area contributed by atoms with E-state index >= 15 is 0 Å². The molecule has 0 saturated carbocycles. The molecule has 0 spiro atoms. The molecular weight excluding hydrogens is 412 g/mol. The van der Waals surface area contributed by atoms with Gasteiger partial charge in [-0.2, -0.15) is 0 Å². The SMILES string of the molecule is C[C@@H](OC(=O)OCc1ccc([N+](=O)[O-])cc1)[C@H]1C(=O)N[C@@H]1CC(O)CBr. The van der Waals surface area contributed by atoms with Crippen LogP contribution >= 0.6 is 15.9 Å². The molecule has 1 aromatic carbocycles. The fourth-order valence-electron chi connectivity index (χ4n) is 2.67. The zero-order valence-electron chi connectivity index (χ0n) is 14.0. The van der Waals surface area contributed by atoms with Crippen molar-refractivity contribution in [1.29, 1.82) is 0 Å². The summed E-state index contributed by atoms with van der Waals surface area (Å²) in [6, 6.07) is 5.31. The molecule has 0 bridgehead atoms. The molecule has 1 aromatic rings. The molecule has 1 amide bonds. The second-order valence-electron chi connectivity index (χ2n) is 5.97. The summed E-state index contributed by atoms with van der Waals surface area (Å²) in [5.74, 6) is -0.789. The highest BCUT2D eigenvalue weighted by atomic mass is 79.9. The van der Waals surface area contributed by atoms with Crippen LogP contribution in [0.25, 0.3) is 0 Å². The van der Waals surface area contributed by atoms with E-state index in [4.69, 9.17) is 9.47 Å². The quantitative estimate of drug-likeness (QED) is 0.212. The molecule has 2 rings (SSSR count). The second kappa shape index (κ2) is 8.95. The standard InChI is InChI=1S/C16H19BrN2O7/c1-9(14-13(18-15(14)21)6-12(20)7-17)26-16(22)25-8-10-2-4-11(5-3-10)19(23)24/h2-5,9,12-14,20H,6-8H2,1H3,(H,18,21)/t9-,12?,13-,14-/m1/s1. The summed E-state index contributed by atoms with van der Waals surface area (Å²) < 4.78 is 10.1. The molecule has 1 heterocycles. The molecule has 1 aliphatic rings. The van der Waals surface area contributed by atoms with Gasteiger partial charge in [-0.1, -0.05) is 15.9 Å². The molecule has 0 aromatic heterocycles. The van der Waals surface area contributed by atoms with Gasteiger partial charge in [-0.25, -0.2) is 4.79 Å². The van der Waals surface area contributed by atoms with Crippen molar-refractivity contribution < 1.29 is 29.1 Å². The highest BCUT2D eigenvalue weighted by Gasteiger charge is 2.45. The van der Waals surface area contributed by atoms with E-state index in [2.05, 4.69) is 21.2 Å². The maximum Gasteiger partial charge on any atom is 0.508 e. The van der Waals surface area contributed by atoms with Gasteiger partial charge in [0.1, 0.15) is 12.7 Å². The number of nitrogens with zero attached hydrogens (tertiary/aromatic N) is 1. The Hall–Kier alpha value is -2.20. The first kappa shape index (κ1) is 20.1. The number of hydrogen-bond acceptors (Lipinski definition) is 7. The number of hydrogen-bond donors (Lipinski definition) is 2. The number of β-lactam (4-membered cyclic amide) rings is 1. The first-order valence-electron chi connectivity index (χ1n) is 7.93. The summed E-state index contributed by atoms with van der Waals surface area (Å²) in [6.45, 7) is 1.48. The highest BCUT2D eigenvalue weighted by molar-refractivity contribution is 9.09. The summed E-state index contributed by atoms with van der Waals surface area (Å²) >= 11 is 3.16. The predicted molar refractivity (Wildman–Crippen MR) is 93.7 cm³/mol. The molecule has 1 saturated heterocycles. The van der Waals surface area contributed by atoms with E-state index < -0.39 is 29.2 Å². The van der Waals surface area contributed by atoms with Gasteiger partial charge in [-0.3, -0.25) is 14.9 Å². The number of ether oxygens (including phenoxy) is 2. The van der Waals surface area contributed by atoms with Gasteiger partial charge in [0.25, 0.3) is 5.69 Å². The Bertz CT molecular complexity index is 667. The largest absolute Gasteiger partial charge is 0.508 e. The summed E-state index contributed by atoms with van der Waals surface area (Å²) in [6.07, 6.45) is -1.90. The van der Waals surface area contributed by atoms with Crippen LogP contribution in [-0.2, 0) is 20.9 Å². The maximum absolute atomic E-state index is 11.8. The third-order valence-electron chi connectivity index (χ3n) is 4.06. The van der Waals surface area contributed by atoms with E-state index in [0.717, 1.165) is 0 Å². The molecular formula is C16H19BrN2O7. The van der Waals surface area contributed by atoms with E-state index in [1.807, 2.05) is 0 Å². The van der Waals surface area contributed by atoms with Gasteiger partial charge in [0.05, 0.1) is 16.9 Å². The Morgan fingerprint density at radius 2 is 2.08 bits per heavy atom. The van der Waals surface area contributed by atoms with E-state index in [9.17, 15) is 24.8 Å². The zero-order valence-corrected chi connectivity index (χ0v) is 15.5. The van der Waals surface area contributed by atoms with Gasteiger partial charge in [0.2, 0.25) is 5.91 Å². The lowest BCUT2D eigenvalue weighted by Crippen LogP contribution is -2.63. The average Bonchev–Trinajstić information content (AvgIpc) is 2.59. The van der Waals surface area contributed by atoms with Crippen LogP contribution in [0.2, 0.25) is 0 Å². The van der Waals surface area contributed by atoms with Crippen molar-refractivity contribution in [2.75, 3.05) is 5.33 Å². The van der Waals surface area contributed by atoms with E-state index in [1.165, 1.54) is 24.3 Å². The van der Waals surface area contributed by atoms with Crippen molar-refractivity contribution in [3.8, 4) is 0 Å². The predicted octanol–water partition coefficient (Wildman–Crippen LogP) is 1.90. The highest BCUT2D eigenvalue weighted by Crippen LogP contribution is 2.26. The summed E-state index contributed by atoms with van der Waals surface area (Å²) in [4.78, 5) is 33.6. The van der Waals surface area contributed by atoms with Gasteiger partial charge in [0, 0.05) is 23.5 Å². The Labute approximate surface area is 157 Å². The summed E-state index contributed by atoms with van der Waals surface area (Å²) in [5, 5.41) is 23.3. The second-order valence-corrected chi connectivity index (χ2v) is 6.62. The van der Waals surface area contributed by atoms with E-state index in [-0.39, 0.29) is 24.2 Å². The number of nitro benzene ring substituents is 1. The Morgan fingerprint density at radius 3 is 2.62 bits per heavy atom. The van der Waals surface area contributed by atoms with Crippen LogP contribution in [0.5, 0.6) is 0 Å². The average molecular weight is 431 g/mol. The molecule has 0 aliphatic carbocycles. The van der Waals surface area contributed by atoms with Crippen molar-refractivity contribution >= 4 is 33.7 Å². The number of rotatable bonds is 8. The number of non-ortho nitro benzene ring substituents is 1. The van der Waals surface area contributed by atoms with E-state index in [1.54, 1.807) is 6.92 Å². The van der Waals surface area contributed by atoms with Crippen LogP contribution in [0.1, 0.15) is 18.9 Å². The minimum absolute atomic E-state index is 0.0577. The number of carbonyl (C=O) groups excluding carboxylic acids is 2. The van der Waals surface area contributed by atoms with Gasteiger partial charge in [0.15, 0.2) is 0 Å². The molecule has 2 N–H and O–H groups in total. The van der Waals surface area contributed by atoms with E-state index in [0.29, 0.717) is 17.3 Å². The van der Waals surface area contributed by atoms with Crippen LogP contribution < -0.4 is 5.32 Å². The molecule has 142 valence electrons. The molecule has 10 heteroatoms. The summed E-state index contributed by atoms with van der Waals surface area (Å²) in [7, 11) is 0. The lowest BCUT2D eigenvalue weighted by molar-refractivity contribution is -0.384. The number of alkyl halides is 1. The van der Waals surface area contributed by atoms with Crippen molar-refractivity contribution in [3.05, 3.63) is 39.9 Å². The molecule has 0 radical (unpaired) electrons. The first-order valence-corrected chi connectivity index (χ1v) is 9.05. The summed E-state index contributed by atoms with van der Waals surface area (Å²) in [5.41, 5.74) is 0.512. The normalized spacial score (nSPS) is 21.1. The third kappa shape index (κ3) is 5.15. The molecule has 1 fully saturated rings. The van der Waals surface area contributed by atoms with Gasteiger partial charge in [-0.15, -0.1) is 0 Å². The number of aliphatic hydroxyl groups excluding tert-OH is 1. The zero-order chi connectivity index (χ0) is 19.3. The van der Waals surface area contributed by atoms with Crippen LogP contribution in [-0.4, -0.2) is 45.7 Å². The van der Waals surface area contributed by atoms with Crippen molar-refractivity contribution in [3.63, 3.8) is 0 Å². The first-order chi connectivity index (χ1) is 12.3. The van der Waals surface area contributed by atoms with Crippen molar-refractivity contribution in [2.24, 2.45) is 5.92 Å². The van der Waals surface area contributed by atoms with Gasteiger partial charge >= 0.3 is 6.16 Å². The maximum atomic E-state index is 11.8. The molecule has 1 unspecified atom stereocenters. The lowest BCUT2D eigenvalue weighted by Gasteiger charge is -2.40. The van der Waals surface area contributed by atoms with Gasteiger partial charge in [-0.05, 0) is 31.0 Å². The molecule has 1 aliphatic heterocycles. The fourth-order valence-corrected chi connectivity index (χ4v) is 2.94. The Morgan fingerprint density at radius 1 is 1.42 bits per heavy atom. The number of nitro groups is 1. The van der Waals surface area contributed by atoms with Crippen LogP contribution in [0.3, 0.4) is 0 Å². The van der Waals surface area contributed by atoms with Crippen LogP contribution in [0, 0.1) is 16.0 Å². The lowest BCUT2D eigenvalue weighted by atomic mass is 9.83. The van der Waals surface area contributed by atoms with Crippen molar-refractivity contribution in [2.45, 2.75) is 38.2 Å². The third-order valence-corrected chi connectivity index (χ3v) is 4.81. The Kier molecular flexibility index (Phi) is 6.92. The molecule has 26 heavy (non-hydrogen) atoms. The smallest absolute Gasteiger partial charge is 0.430 e. The van der Waals surface area contributed by atoms with Gasteiger partial charge < -0.3 is 19.9 Å². The Balaban J connectivity index is 1.81. The number of nitrogens with one attached hydrogen (secondary N) is 1. The number of benzene rings is 1. The van der Waals surface area contributed by atoms with Crippen molar-refractivity contribution in [1.82, 2.24) is 5.32 Å². The minimum atomic E-state index is -0.935. The van der Waals surface area contributed by atoms with Crippen LogP contribution in [0.15, 0.2) is 24.3 Å². The number of aliphatic hydroxyl groups is 1. The molecule has 4 atom stereocenters. The molecule has 9 nitrogen and oxygen atoms in total. The number of halogens is 1. The number of amides is 1. The fraction of sp³-hybridized carbons (Fsp3) is 0.500. The minimum Gasteiger partial charge on any atom is -0.430 e. The van der Waals surface area contributed by atoms with Crippen LogP contribution in [0.4, 0.5) is 10.5 Å². The monoisotopic (exact) mass is 430 g/mol.